The fourth-order valence-corrected chi connectivity index (χ4v) is 3.03. The summed E-state index contributed by atoms with van der Waals surface area (Å²) in [6.07, 6.45) is 0. The molecule has 0 amide bonds. The fraction of sp³-hybridized carbons (Fsp3) is 0.143. The van der Waals surface area contributed by atoms with Crippen molar-refractivity contribution >= 4 is 11.8 Å². The van der Waals surface area contributed by atoms with Crippen LogP contribution in [0.2, 0.25) is 0 Å². The van der Waals surface area contributed by atoms with E-state index in [2.05, 4.69) is 0 Å². The van der Waals surface area contributed by atoms with Crippen LogP contribution in [0.5, 0.6) is 17.2 Å². The molecule has 2 N–H and O–H groups in total. The Kier molecular flexibility index (Phi) is 2.80. The van der Waals surface area contributed by atoms with Gasteiger partial charge in [-0.25, -0.2) is 0 Å². The van der Waals surface area contributed by atoms with Gasteiger partial charge < -0.3 is 14.9 Å². The zero-order valence-corrected chi connectivity index (χ0v) is 10.4. The van der Waals surface area contributed by atoms with E-state index in [-0.39, 0.29) is 16.7 Å². The van der Waals surface area contributed by atoms with Crippen LogP contribution in [0.25, 0.3) is 0 Å². The first-order valence-corrected chi connectivity index (χ1v) is 6.52. The normalized spacial score (nSPS) is 17.9. The zero-order valence-electron chi connectivity index (χ0n) is 9.54. The van der Waals surface area contributed by atoms with Crippen LogP contribution in [0.15, 0.2) is 47.4 Å². The number of hydrogen-bond acceptors (Lipinski definition) is 4. The average Bonchev–Trinajstić information content (AvgIpc) is 2.39. The molecule has 0 fully saturated rings. The molecule has 2 aromatic carbocycles. The summed E-state index contributed by atoms with van der Waals surface area (Å²) in [5.74, 6) is 1.22. The maximum absolute atomic E-state index is 9.38. The Bertz CT molecular complexity index is 566. The number of thioether (sulfide) groups is 1. The molecule has 3 rings (SSSR count). The van der Waals surface area contributed by atoms with Crippen molar-refractivity contribution in [2.75, 3.05) is 6.61 Å². The second-order valence-corrected chi connectivity index (χ2v) is 5.38. The van der Waals surface area contributed by atoms with Gasteiger partial charge in [0.05, 0.1) is 10.1 Å². The number of fused-ring (bicyclic) bond motifs is 1. The minimum Gasteiger partial charge on any atom is -0.508 e. The standard InChI is InChI=1S/C14H12O3S/c15-10-3-1-9(2-4-10)14-8-17-12-7-11(16)5-6-13(12)18-14/h1-7,14-16H,8H2. The number of phenolic OH excluding ortho intramolecular Hbond substituents is 2. The predicted molar refractivity (Wildman–Crippen MR) is 70.3 cm³/mol. The third-order valence-electron chi connectivity index (χ3n) is 2.85. The molecule has 0 saturated carbocycles. The van der Waals surface area contributed by atoms with E-state index in [0.29, 0.717) is 6.61 Å². The number of aromatic hydroxyl groups is 2. The molecule has 0 spiro atoms. The highest BCUT2D eigenvalue weighted by atomic mass is 32.2. The highest BCUT2D eigenvalue weighted by Crippen LogP contribution is 2.45. The van der Waals surface area contributed by atoms with Gasteiger partial charge >= 0.3 is 0 Å². The van der Waals surface area contributed by atoms with Gasteiger partial charge in [0.1, 0.15) is 23.9 Å². The van der Waals surface area contributed by atoms with Crippen molar-refractivity contribution in [2.45, 2.75) is 10.1 Å². The van der Waals surface area contributed by atoms with Gasteiger partial charge in [-0.3, -0.25) is 0 Å². The van der Waals surface area contributed by atoms with E-state index in [4.69, 9.17) is 4.74 Å². The SMILES string of the molecule is Oc1ccc(C2COc3cc(O)ccc3S2)cc1. The van der Waals surface area contributed by atoms with Gasteiger partial charge in [-0.2, -0.15) is 0 Å². The molecule has 1 heterocycles. The molecule has 1 aliphatic rings. The van der Waals surface area contributed by atoms with Crippen molar-refractivity contribution in [1.29, 1.82) is 0 Å². The Balaban J connectivity index is 1.86. The lowest BCUT2D eigenvalue weighted by molar-refractivity contribution is 0.302. The van der Waals surface area contributed by atoms with E-state index in [9.17, 15) is 10.2 Å². The minimum atomic E-state index is 0.211. The second kappa shape index (κ2) is 4.46. The zero-order chi connectivity index (χ0) is 12.5. The predicted octanol–water partition coefficient (Wildman–Crippen LogP) is 3.32. The van der Waals surface area contributed by atoms with Crippen LogP contribution < -0.4 is 4.74 Å². The van der Waals surface area contributed by atoms with Crippen molar-refractivity contribution in [1.82, 2.24) is 0 Å². The smallest absolute Gasteiger partial charge is 0.136 e. The summed E-state index contributed by atoms with van der Waals surface area (Å²) < 4.78 is 5.66. The maximum Gasteiger partial charge on any atom is 0.136 e. The van der Waals surface area contributed by atoms with Crippen LogP contribution >= 0.6 is 11.8 Å². The number of phenols is 2. The summed E-state index contributed by atoms with van der Waals surface area (Å²) in [7, 11) is 0. The van der Waals surface area contributed by atoms with Gasteiger partial charge in [0.25, 0.3) is 0 Å². The summed E-state index contributed by atoms with van der Waals surface area (Å²) in [6, 6.07) is 12.3. The van der Waals surface area contributed by atoms with E-state index >= 15 is 0 Å². The van der Waals surface area contributed by atoms with Crippen LogP contribution in [0.1, 0.15) is 10.8 Å². The van der Waals surface area contributed by atoms with Crippen molar-refractivity contribution < 1.29 is 14.9 Å². The summed E-state index contributed by atoms with van der Waals surface area (Å²) in [4.78, 5) is 1.03. The van der Waals surface area contributed by atoms with E-state index in [0.717, 1.165) is 16.2 Å². The monoisotopic (exact) mass is 260 g/mol. The van der Waals surface area contributed by atoms with Crippen molar-refractivity contribution in [3.8, 4) is 17.2 Å². The summed E-state index contributed by atoms with van der Waals surface area (Å²) in [5, 5.41) is 18.9. The van der Waals surface area contributed by atoms with E-state index in [1.165, 1.54) is 0 Å². The largest absolute Gasteiger partial charge is 0.508 e. The van der Waals surface area contributed by atoms with Gasteiger partial charge in [0.2, 0.25) is 0 Å². The highest BCUT2D eigenvalue weighted by molar-refractivity contribution is 7.99. The Morgan fingerprint density at radius 2 is 1.72 bits per heavy atom. The van der Waals surface area contributed by atoms with Gasteiger partial charge in [-0.1, -0.05) is 12.1 Å². The van der Waals surface area contributed by atoms with Crippen LogP contribution in [0.4, 0.5) is 0 Å². The quantitative estimate of drug-likeness (QED) is 0.825. The van der Waals surface area contributed by atoms with Gasteiger partial charge in [0.15, 0.2) is 0 Å². The third kappa shape index (κ3) is 2.11. The number of hydrogen-bond donors (Lipinski definition) is 2. The maximum atomic E-state index is 9.38. The summed E-state index contributed by atoms with van der Waals surface area (Å²) in [5.41, 5.74) is 1.12. The Hall–Kier alpha value is -1.81. The molecule has 0 bridgehead atoms. The molecule has 1 aliphatic heterocycles. The topological polar surface area (TPSA) is 49.7 Å². The molecule has 92 valence electrons. The first-order chi connectivity index (χ1) is 8.72. The molecule has 0 saturated heterocycles. The molecule has 0 radical (unpaired) electrons. The highest BCUT2D eigenvalue weighted by Gasteiger charge is 2.22. The van der Waals surface area contributed by atoms with Crippen LogP contribution in [-0.4, -0.2) is 16.8 Å². The summed E-state index contributed by atoms with van der Waals surface area (Å²) in [6.45, 7) is 0.561. The summed E-state index contributed by atoms with van der Waals surface area (Å²) >= 11 is 1.71. The molecular formula is C14H12O3S. The lowest BCUT2D eigenvalue weighted by Gasteiger charge is -2.25. The molecule has 0 aromatic heterocycles. The van der Waals surface area contributed by atoms with Crippen molar-refractivity contribution in [2.24, 2.45) is 0 Å². The molecule has 4 heteroatoms. The molecule has 18 heavy (non-hydrogen) atoms. The Morgan fingerprint density at radius 1 is 1.00 bits per heavy atom. The molecule has 2 aromatic rings. The van der Waals surface area contributed by atoms with E-state index < -0.39 is 0 Å². The molecule has 1 atom stereocenters. The minimum absolute atomic E-state index is 0.211. The van der Waals surface area contributed by atoms with E-state index in [1.807, 2.05) is 18.2 Å². The number of rotatable bonds is 1. The number of benzene rings is 2. The van der Waals surface area contributed by atoms with Gasteiger partial charge in [0, 0.05) is 6.07 Å². The lowest BCUT2D eigenvalue weighted by atomic mass is 10.1. The first-order valence-electron chi connectivity index (χ1n) is 5.64. The fourth-order valence-electron chi connectivity index (χ4n) is 1.91. The Labute approximate surface area is 109 Å². The first kappa shape index (κ1) is 11.3. The molecular weight excluding hydrogens is 248 g/mol. The van der Waals surface area contributed by atoms with E-state index in [1.54, 1.807) is 36.0 Å². The van der Waals surface area contributed by atoms with Crippen molar-refractivity contribution in [3.05, 3.63) is 48.0 Å². The van der Waals surface area contributed by atoms with Gasteiger partial charge in [-0.15, -0.1) is 11.8 Å². The molecule has 0 aliphatic carbocycles. The number of ether oxygens (including phenoxy) is 1. The third-order valence-corrected chi connectivity index (χ3v) is 4.14. The second-order valence-electron chi connectivity index (χ2n) is 4.14. The average molecular weight is 260 g/mol. The Morgan fingerprint density at radius 3 is 2.50 bits per heavy atom. The van der Waals surface area contributed by atoms with Crippen LogP contribution in [0, 0.1) is 0 Å². The molecule has 1 unspecified atom stereocenters. The van der Waals surface area contributed by atoms with Crippen molar-refractivity contribution in [3.63, 3.8) is 0 Å². The molecule has 3 nitrogen and oxygen atoms in total. The van der Waals surface area contributed by atoms with Gasteiger partial charge in [-0.05, 0) is 29.8 Å². The lowest BCUT2D eigenvalue weighted by Crippen LogP contribution is -2.12. The van der Waals surface area contributed by atoms with Crippen LogP contribution in [-0.2, 0) is 0 Å². The van der Waals surface area contributed by atoms with Crippen LogP contribution in [0.3, 0.4) is 0 Å².